The first-order chi connectivity index (χ1) is 9.88. The first-order valence-electron chi connectivity index (χ1n) is 6.58. The zero-order chi connectivity index (χ0) is 15.1. The number of cyclic esters (lactones) is 1. The monoisotopic (exact) mass is 301 g/mol. The number of nitrogens with zero attached hydrogens (tertiary/aromatic N) is 2. The fraction of sp³-hybridized carbons (Fsp3) is 0.538. The van der Waals surface area contributed by atoms with Gasteiger partial charge in [0.15, 0.2) is 0 Å². The highest BCUT2D eigenvalue weighted by molar-refractivity contribution is 5.68. The van der Waals surface area contributed by atoms with Crippen LogP contribution in [0.4, 0.5) is 18.0 Å². The van der Waals surface area contributed by atoms with E-state index < -0.39 is 17.8 Å². The molecule has 21 heavy (non-hydrogen) atoms. The first kappa shape index (κ1) is 14.1. The van der Waals surface area contributed by atoms with Crippen LogP contribution in [0.25, 0.3) is 0 Å². The second kappa shape index (κ2) is 4.87. The van der Waals surface area contributed by atoms with Crippen LogP contribution in [0, 0.1) is 5.41 Å². The van der Waals surface area contributed by atoms with E-state index in [9.17, 15) is 18.0 Å². The minimum atomic E-state index is -4.39. The maximum atomic E-state index is 12.4. The summed E-state index contributed by atoms with van der Waals surface area (Å²) in [6, 6.07) is 2.26. The van der Waals surface area contributed by atoms with Gasteiger partial charge in [-0.2, -0.15) is 13.2 Å². The Hall–Kier alpha value is -1.83. The molecule has 1 aliphatic carbocycles. The molecule has 1 amide bonds. The van der Waals surface area contributed by atoms with Crippen molar-refractivity contribution in [3.8, 4) is 0 Å². The number of hydrogen-bond acceptors (Lipinski definition) is 4. The van der Waals surface area contributed by atoms with Crippen LogP contribution >= 0.6 is 0 Å². The van der Waals surface area contributed by atoms with Crippen molar-refractivity contribution in [1.29, 1.82) is 0 Å². The number of hydrogen-bond donors (Lipinski definition) is 1. The molecule has 1 aliphatic heterocycles. The topological polar surface area (TPSA) is 54.5 Å². The second-order valence-electron chi connectivity index (χ2n) is 5.51. The highest BCUT2D eigenvalue weighted by atomic mass is 19.4. The molecule has 0 atom stereocenters. The fourth-order valence-corrected chi connectivity index (χ4v) is 2.21. The number of pyridine rings is 1. The summed E-state index contributed by atoms with van der Waals surface area (Å²) in [5.74, 6) is 0. The van der Waals surface area contributed by atoms with Gasteiger partial charge in [0.2, 0.25) is 0 Å². The number of rotatable bonds is 3. The van der Waals surface area contributed by atoms with Crippen molar-refractivity contribution in [2.45, 2.75) is 25.6 Å². The molecule has 1 aromatic rings. The average molecular weight is 301 g/mol. The maximum absolute atomic E-state index is 12.4. The van der Waals surface area contributed by atoms with Gasteiger partial charge in [-0.3, -0.25) is 4.98 Å². The molecular weight excluding hydrogens is 287 g/mol. The Balaban J connectivity index is 1.58. The summed E-state index contributed by atoms with van der Waals surface area (Å²) in [5, 5.41) is 1.37. The second-order valence-corrected chi connectivity index (χ2v) is 5.51. The molecule has 3 rings (SSSR count). The van der Waals surface area contributed by atoms with Crippen LogP contribution in [0.1, 0.15) is 24.1 Å². The molecule has 0 aromatic carbocycles. The predicted octanol–water partition coefficient (Wildman–Crippen LogP) is 2.34. The summed E-state index contributed by atoms with van der Waals surface area (Å²) < 4.78 is 42.3. The molecule has 2 fully saturated rings. The standard InChI is InChI=1S/C13H14F3N3O2/c14-13(15,16)9-1-2-10(17-5-9)6-18-19-7-12(3-4-12)8-21-11(19)20/h1-2,5,18H,3-4,6-8H2. The number of halogens is 3. The van der Waals surface area contributed by atoms with E-state index in [1.165, 1.54) is 11.1 Å². The van der Waals surface area contributed by atoms with E-state index in [0.29, 0.717) is 18.8 Å². The van der Waals surface area contributed by atoms with Gasteiger partial charge in [-0.25, -0.2) is 15.2 Å². The van der Waals surface area contributed by atoms with Gasteiger partial charge in [-0.05, 0) is 25.0 Å². The SMILES string of the molecule is O=C1OCC2(CC2)CN1NCc1ccc(C(F)(F)F)cn1. The lowest BCUT2D eigenvalue weighted by Crippen LogP contribution is -2.51. The van der Waals surface area contributed by atoms with E-state index in [1.54, 1.807) is 0 Å². The van der Waals surface area contributed by atoms with E-state index in [0.717, 1.165) is 25.1 Å². The molecule has 1 spiro atoms. The van der Waals surface area contributed by atoms with E-state index in [2.05, 4.69) is 10.4 Å². The number of nitrogens with one attached hydrogen (secondary N) is 1. The predicted molar refractivity (Wildman–Crippen MR) is 65.8 cm³/mol. The molecule has 114 valence electrons. The Morgan fingerprint density at radius 1 is 1.38 bits per heavy atom. The number of ether oxygens (including phenoxy) is 1. The van der Waals surface area contributed by atoms with Gasteiger partial charge in [0, 0.05) is 18.2 Å². The summed E-state index contributed by atoms with van der Waals surface area (Å²) in [6.07, 6.45) is -2.02. The molecule has 1 aromatic heterocycles. The molecule has 1 N–H and O–H groups in total. The summed E-state index contributed by atoms with van der Waals surface area (Å²) in [5.41, 5.74) is 2.55. The highest BCUT2D eigenvalue weighted by Gasteiger charge is 2.49. The van der Waals surface area contributed by atoms with Gasteiger partial charge in [-0.1, -0.05) is 0 Å². The van der Waals surface area contributed by atoms with Crippen molar-refractivity contribution >= 4 is 6.09 Å². The Labute approximate surface area is 119 Å². The summed E-state index contributed by atoms with van der Waals surface area (Å²) >= 11 is 0. The molecule has 8 heteroatoms. The van der Waals surface area contributed by atoms with E-state index in [1.807, 2.05) is 0 Å². The zero-order valence-corrected chi connectivity index (χ0v) is 11.1. The lowest BCUT2D eigenvalue weighted by molar-refractivity contribution is -0.137. The van der Waals surface area contributed by atoms with Crippen molar-refractivity contribution < 1.29 is 22.7 Å². The summed E-state index contributed by atoms with van der Waals surface area (Å²) in [7, 11) is 0. The first-order valence-corrected chi connectivity index (χ1v) is 6.58. The molecule has 0 radical (unpaired) electrons. The lowest BCUT2D eigenvalue weighted by Gasteiger charge is -2.32. The van der Waals surface area contributed by atoms with Crippen molar-refractivity contribution in [3.05, 3.63) is 29.6 Å². The van der Waals surface area contributed by atoms with Crippen molar-refractivity contribution in [2.75, 3.05) is 13.2 Å². The van der Waals surface area contributed by atoms with Gasteiger partial charge in [0.05, 0.1) is 17.8 Å². The molecule has 2 heterocycles. The van der Waals surface area contributed by atoms with Crippen molar-refractivity contribution in [1.82, 2.24) is 15.4 Å². The van der Waals surface area contributed by atoms with Crippen LogP contribution in [-0.4, -0.2) is 29.2 Å². The minimum absolute atomic E-state index is 0.0640. The average Bonchev–Trinajstić information content (AvgIpc) is 3.19. The van der Waals surface area contributed by atoms with Crippen LogP contribution in [0.5, 0.6) is 0 Å². The number of carbonyl (C=O) groups is 1. The van der Waals surface area contributed by atoms with Crippen LogP contribution in [0.15, 0.2) is 18.3 Å². The third kappa shape index (κ3) is 3.10. The van der Waals surface area contributed by atoms with Crippen LogP contribution in [0.2, 0.25) is 0 Å². The lowest BCUT2D eigenvalue weighted by atomic mass is 10.1. The normalized spacial score (nSPS) is 20.5. The smallest absolute Gasteiger partial charge is 0.424 e. The molecular formula is C13H14F3N3O2. The van der Waals surface area contributed by atoms with Gasteiger partial charge in [-0.15, -0.1) is 0 Å². The van der Waals surface area contributed by atoms with Crippen LogP contribution in [-0.2, 0) is 17.5 Å². The Morgan fingerprint density at radius 2 is 2.14 bits per heavy atom. The largest absolute Gasteiger partial charge is 0.448 e. The van der Waals surface area contributed by atoms with E-state index in [4.69, 9.17) is 4.74 Å². The highest BCUT2D eigenvalue weighted by Crippen LogP contribution is 2.48. The van der Waals surface area contributed by atoms with Crippen LogP contribution in [0.3, 0.4) is 0 Å². The van der Waals surface area contributed by atoms with E-state index in [-0.39, 0.29) is 12.0 Å². The molecule has 0 unspecified atom stereocenters. The number of alkyl halides is 3. The molecule has 5 nitrogen and oxygen atoms in total. The quantitative estimate of drug-likeness (QED) is 0.931. The number of carbonyl (C=O) groups excluding carboxylic acids is 1. The van der Waals surface area contributed by atoms with Gasteiger partial charge in [0.25, 0.3) is 0 Å². The van der Waals surface area contributed by atoms with Gasteiger partial charge >= 0.3 is 12.3 Å². The Bertz CT molecular complexity index is 541. The number of amides is 1. The Morgan fingerprint density at radius 3 is 2.71 bits per heavy atom. The third-order valence-electron chi connectivity index (χ3n) is 3.78. The minimum Gasteiger partial charge on any atom is -0.448 e. The van der Waals surface area contributed by atoms with Gasteiger partial charge < -0.3 is 4.74 Å². The van der Waals surface area contributed by atoms with Crippen LogP contribution < -0.4 is 5.43 Å². The van der Waals surface area contributed by atoms with Gasteiger partial charge in [0.1, 0.15) is 6.61 Å². The van der Waals surface area contributed by atoms with Crippen molar-refractivity contribution in [2.24, 2.45) is 5.41 Å². The third-order valence-corrected chi connectivity index (χ3v) is 3.78. The van der Waals surface area contributed by atoms with E-state index >= 15 is 0 Å². The number of aromatic nitrogens is 1. The number of hydrazine groups is 1. The maximum Gasteiger partial charge on any atom is 0.424 e. The molecule has 1 saturated carbocycles. The molecule has 2 aliphatic rings. The fourth-order valence-electron chi connectivity index (χ4n) is 2.21. The van der Waals surface area contributed by atoms with Crippen molar-refractivity contribution in [3.63, 3.8) is 0 Å². The Kier molecular flexibility index (Phi) is 3.27. The zero-order valence-electron chi connectivity index (χ0n) is 11.1. The molecule has 0 bridgehead atoms. The summed E-state index contributed by atoms with van der Waals surface area (Å²) in [4.78, 5) is 15.3. The summed E-state index contributed by atoms with van der Waals surface area (Å²) in [6.45, 7) is 1.18. The molecule has 1 saturated heterocycles.